The molecule has 2 N–H and O–H groups in total. The lowest BCUT2D eigenvalue weighted by Crippen LogP contribution is -2.45. The summed E-state index contributed by atoms with van der Waals surface area (Å²) >= 11 is 0. The molecule has 0 spiro atoms. The predicted molar refractivity (Wildman–Crippen MR) is 103 cm³/mol. The third-order valence-corrected chi connectivity index (χ3v) is 5.61. The van der Waals surface area contributed by atoms with Crippen molar-refractivity contribution in [3.63, 3.8) is 0 Å². The van der Waals surface area contributed by atoms with Crippen LogP contribution in [0, 0.1) is 0 Å². The highest BCUT2D eigenvalue weighted by Gasteiger charge is 2.28. The van der Waals surface area contributed by atoms with Crippen LogP contribution in [0.5, 0.6) is 0 Å². The highest BCUT2D eigenvalue weighted by atomic mass is 32.2. The number of amides is 1. The van der Waals surface area contributed by atoms with Crippen LogP contribution >= 0.6 is 0 Å². The van der Waals surface area contributed by atoms with Crippen molar-refractivity contribution in [2.45, 2.75) is 64.4 Å². The Balaban J connectivity index is 2.42. The number of nitrogens with one attached hydrogen (secondary N) is 2. The first kappa shape index (κ1) is 21.7. The Bertz CT molecular complexity index is 509. The van der Waals surface area contributed by atoms with E-state index in [0.29, 0.717) is 18.8 Å². The molecular weight excluding hydrogens is 340 g/mol. The van der Waals surface area contributed by atoms with Crippen molar-refractivity contribution in [2.75, 3.05) is 32.4 Å². The molecule has 1 fully saturated rings. The van der Waals surface area contributed by atoms with E-state index in [1.54, 1.807) is 7.05 Å². The minimum atomic E-state index is -0.891. The van der Waals surface area contributed by atoms with Gasteiger partial charge in [-0.25, -0.2) is 4.79 Å². The molecule has 2 atom stereocenters. The van der Waals surface area contributed by atoms with E-state index < -0.39 is 16.4 Å². The Hall–Kier alpha value is -1.31. The van der Waals surface area contributed by atoms with Gasteiger partial charge in [-0.2, -0.15) is 0 Å². The van der Waals surface area contributed by atoms with Gasteiger partial charge in [0.25, 0.3) is 0 Å². The van der Waals surface area contributed by atoms with E-state index in [1.807, 2.05) is 41.5 Å². The smallest absolute Gasteiger partial charge is 0.407 e. The van der Waals surface area contributed by atoms with Crippen LogP contribution in [0.4, 0.5) is 4.79 Å². The molecule has 2 unspecified atom stereocenters. The number of aliphatic imine (C=N–C) groups is 1. The number of ether oxygens (including phenoxy) is 1. The zero-order chi connectivity index (χ0) is 19.3. The van der Waals surface area contributed by atoms with Gasteiger partial charge in [0.2, 0.25) is 0 Å². The van der Waals surface area contributed by atoms with Crippen LogP contribution in [-0.4, -0.2) is 70.0 Å². The van der Waals surface area contributed by atoms with Gasteiger partial charge in [0.1, 0.15) is 5.60 Å². The number of alkyl carbamates (subject to hydrolysis) is 1. The maximum absolute atomic E-state index is 12.1. The molecule has 0 saturated carbocycles. The lowest BCUT2D eigenvalue weighted by Gasteiger charge is -2.24. The first-order valence-electron chi connectivity index (χ1n) is 8.76. The van der Waals surface area contributed by atoms with Gasteiger partial charge in [-0.15, -0.1) is 0 Å². The van der Waals surface area contributed by atoms with Gasteiger partial charge in [0, 0.05) is 48.0 Å². The fourth-order valence-corrected chi connectivity index (χ4v) is 3.34. The highest BCUT2D eigenvalue weighted by molar-refractivity contribution is 7.86. The second kappa shape index (κ2) is 8.87. The average molecular weight is 375 g/mol. The number of carbonyl (C=O) groups excluding carboxylic acids is 1. The number of guanidine groups is 1. The number of likely N-dealkylation sites (tertiary alicyclic amines) is 1. The van der Waals surface area contributed by atoms with E-state index in [4.69, 9.17) is 4.74 Å². The molecule has 1 amide bonds. The second-order valence-electron chi connectivity index (χ2n) is 8.21. The number of hydrogen-bond donors (Lipinski definition) is 2. The van der Waals surface area contributed by atoms with E-state index in [2.05, 4.69) is 20.5 Å². The topological polar surface area (TPSA) is 83.0 Å². The zero-order valence-electron chi connectivity index (χ0n) is 16.6. The van der Waals surface area contributed by atoms with Crippen LogP contribution in [0.15, 0.2) is 4.99 Å². The Morgan fingerprint density at radius 1 is 1.28 bits per heavy atom. The zero-order valence-corrected chi connectivity index (χ0v) is 17.5. The summed E-state index contributed by atoms with van der Waals surface area (Å²) < 4.78 is 17.2. The Labute approximate surface area is 154 Å². The summed E-state index contributed by atoms with van der Waals surface area (Å²) in [6.07, 6.45) is 0.455. The maximum atomic E-state index is 12.1. The molecule has 1 aliphatic rings. The molecule has 0 aromatic carbocycles. The van der Waals surface area contributed by atoms with Crippen LogP contribution in [0.2, 0.25) is 0 Å². The quantitative estimate of drug-likeness (QED) is 0.578. The third-order valence-electron chi connectivity index (χ3n) is 3.67. The van der Waals surface area contributed by atoms with Gasteiger partial charge in [0.15, 0.2) is 5.96 Å². The van der Waals surface area contributed by atoms with Crippen molar-refractivity contribution in [3.05, 3.63) is 0 Å². The number of nitrogens with zero attached hydrogens (tertiary/aromatic N) is 2. The summed E-state index contributed by atoms with van der Waals surface area (Å²) in [5.41, 5.74) is -0.497. The molecule has 0 aromatic rings. The monoisotopic (exact) mass is 374 g/mol. The first-order valence-corrected chi connectivity index (χ1v) is 10.1. The van der Waals surface area contributed by atoms with Crippen LogP contribution in [0.1, 0.15) is 48.0 Å². The van der Waals surface area contributed by atoms with Crippen molar-refractivity contribution >= 4 is 22.9 Å². The van der Waals surface area contributed by atoms with Crippen LogP contribution in [-0.2, 0) is 15.5 Å². The van der Waals surface area contributed by atoms with Crippen LogP contribution in [0.25, 0.3) is 0 Å². The van der Waals surface area contributed by atoms with E-state index in [-0.39, 0.29) is 16.9 Å². The SMILES string of the molecule is CN=C(NCCS(=O)C(C)(C)C)N1CCC(NC(=O)OC(C)(C)C)C1. The molecule has 7 nitrogen and oxygen atoms in total. The number of rotatable bonds is 4. The molecule has 1 saturated heterocycles. The summed E-state index contributed by atoms with van der Waals surface area (Å²) in [5, 5.41) is 6.17. The van der Waals surface area contributed by atoms with E-state index >= 15 is 0 Å². The van der Waals surface area contributed by atoms with E-state index in [0.717, 1.165) is 18.9 Å². The lowest BCUT2D eigenvalue weighted by atomic mass is 10.2. The maximum Gasteiger partial charge on any atom is 0.407 e. The van der Waals surface area contributed by atoms with Gasteiger partial charge in [0.05, 0.1) is 6.04 Å². The van der Waals surface area contributed by atoms with Crippen molar-refractivity contribution in [2.24, 2.45) is 4.99 Å². The molecule has 1 aliphatic heterocycles. The molecule has 1 heterocycles. The fraction of sp³-hybridized carbons (Fsp3) is 0.882. The molecule has 1 rings (SSSR count). The van der Waals surface area contributed by atoms with Crippen molar-refractivity contribution < 1.29 is 13.7 Å². The molecule has 8 heteroatoms. The Morgan fingerprint density at radius 2 is 1.92 bits per heavy atom. The first-order chi connectivity index (χ1) is 11.4. The molecular formula is C17H34N4O3S. The van der Waals surface area contributed by atoms with Crippen molar-refractivity contribution in [1.29, 1.82) is 0 Å². The van der Waals surface area contributed by atoms with Crippen molar-refractivity contribution in [1.82, 2.24) is 15.5 Å². The summed E-state index contributed by atoms with van der Waals surface area (Å²) in [6, 6.07) is 0.0390. The standard InChI is InChI=1S/C17H34N4O3S/c1-16(2,3)24-15(22)20-13-8-10-21(12-13)14(18-7)19-9-11-25(23)17(4,5)6/h13H,8-12H2,1-7H3,(H,18,19)(H,20,22). The molecule has 0 aromatic heterocycles. The summed E-state index contributed by atoms with van der Waals surface area (Å²) in [6.45, 7) is 13.6. The summed E-state index contributed by atoms with van der Waals surface area (Å²) in [7, 11) is 0.842. The van der Waals surface area contributed by atoms with Gasteiger partial charge in [-0.3, -0.25) is 9.20 Å². The fourth-order valence-electron chi connectivity index (χ4n) is 2.44. The Kier molecular flexibility index (Phi) is 7.71. The van der Waals surface area contributed by atoms with Crippen LogP contribution in [0.3, 0.4) is 0 Å². The minimum Gasteiger partial charge on any atom is -0.444 e. The average Bonchev–Trinajstić information content (AvgIpc) is 2.88. The van der Waals surface area contributed by atoms with Crippen molar-refractivity contribution in [3.8, 4) is 0 Å². The summed E-state index contributed by atoms with van der Waals surface area (Å²) in [5.74, 6) is 1.36. The highest BCUT2D eigenvalue weighted by Crippen LogP contribution is 2.13. The molecule has 0 bridgehead atoms. The molecule has 0 aliphatic carbocycles. The molecule has 0 radical (unpaired) electrons. The lowest BCUT2D eigenvalue weighted by molar-refractivity contribution is 0.0507. The minimum absolute atomic E-state index is 0.0390. The van der Waals surface area contributed by atoms with Gasteiger partial charge >= 0.3 is 6.09 Å². The van der Waals surface area contributed by atoms with Crippen LogP contribution < -0.4 is 10.6 Å². The Morgan fingerprint density at radius 3 is 2.44 bits per heavy atom. The van der Waals surface area contributed by atoms with Gasteiger partial charge in [-0.1, -0.05) is 0 Å². The summed E-state index contributed by atoms with van der Waals surface area (Å²) in [4.78, 5) is 18.3. The number of hydrogen-bond acceptors (Lipinski definition) is 4. The molecule has 25 heavy (non-hydrogen) atoms. The number of carbonyl (C=O) groups is 1. The predicted octanol–water partition coefficient (Wildman–Crippen LogP) is 1.71. The van der Waals surface area contributed by atoms with Gasteiger partial charge in [-0.05, 0) is 48.0 Å². The van der Waals surface area contributed by atoms with E-state index in [9.17, 15) is 9.00 Å². The third kappa shape index (κ3) is 8.07. The normalized spacial score (nSPS) is 20.4. The second-order valence-corrected chi connectivity index (χ2v) is 10.5. The van der Waals surface area contributed by atoms with Gasteiger partial charge < -0.3 is 20.3 Å². The molecule has 146 valence electrons. The largest absolute Gasteiger partial charge is 0.444 e. The van der Waals surface area contributed by atoms with E-state index in [1.165, 1.54) is 0 Å².